The number of anilines is 2. The highest BCUT2D eigenvalue weighted by Crippen LogP contribution is 2.35. The minimum Gasteiger partial charge on any atom is -0.497 e. The minimum atomic E-state index is 0. The lowest BCUT2D eigenvalue weighted by Crippen LogP contribution is -2.01. The second-order valence-electron chi connectivity index (χ2n) is 6.49. The van der Waals surface area contributed by atoms with Gasteiger partial charge in [0.2, 0.25) is 0 Å². The zero-order chi connectivity index (χ0) is 20.8. The molecule has 0 saturated carbocycles. The molecule has 1 N–H and O–H groups in total. The van der Waals surface area contributed by atoms with Gasteiger partial charge in [0, 0.05) is 21.4 Å². The molecule has 160 valence electrons. The summed E-state index contributed by atoms with van der Waals surface area (Å²) in [6.07, 6.45) is 1.84. The standard InChI is InChI=1S/C23H21N3O2S2.ClH/c1-16-15-29-23(25-16)26-22-21(28-14-17-6-4-3-5-7-17)12-20(13-24-22)30-19-10-8-18(27-2)9-11-19;/h3-13,15H,14H2,1-2H3,(H,24,25,26);1H. The Balaban J connectivity index is 0.00000272. The number of hydrogen-bond acceptors (Lipinski definition) is 7. The van der Waals surface area contributed by atoms with Gasteiger partial charge in [-0.05, 0) is 42.8 Å². The average Bonchev–Trinajstić information content (AvgIpc) is 3.19. The summed E-state index contributed by atoms with van der Waals surface area (Å²) < 4.78 is 11.4. The number of pyridine rings is 1. The van der Waals surface area contributed by atoms with Crippen molar-refractivity contribution in [1.29, 1.82) is 0 Å². The highest BCUT2D eigenvalue weighted by atomic mass is 35.5. The van der Waals surface area contributed by atoms with Crippen molar-refractivity contribution in [1.82, 2.24) is 9.97 Å². The largest absolute Gasteiger partial charge is 0.497 e. The van der Waals surface area contributed by atoms with Crippen LogP contribution >= 0.6 is 35.5 Å². The lowest BCUT2D eigenvalue weighted by atomic mass is 10.2. The Labute approximate surface area is 196 Å². The zero-order valence-corrected chi connectivity index (χ0v) is 19.5. The molecular formula is C23H22ClN3O2S2. The van der Waals surface area contributed by atoms with E-state index in [1.54, 1.807) is 30.2 Å². The number of benzene rings is 2. The Morgan fingerprint density at radius 3 is 2.48 bits per heavy atom. The van der Waals surface area contributed by atoms with Crippen LogP contribution in [-0.4, -0.2) is 17.1 Å². The van der Waals surface area contributed by atoms with Crippen LogP contribution in [0.1, 0.15) is 11.3 Å². The normalized spacial score (nSPS) is 10.3. The molecule has 0 radical (unpaired) electrons. The van der Waals surface area contributed by atoms with E-state index in [4.69, 9.17) is 9.47 Å². The van der Waals surface area contributed by atoms with Crippen LogP contribution in [0.25, 0.3) is 0 Å². The molecule has 0 saturated heterocycles. The molecule has 31 heavy (non-hydrogen) atoms. The van der Waals surface area contributed by atoms with Gasteiger partial charge in [0.15, 0.2) is 16.7 Å². The molecular weight excluding hydrogens is 450 g/mol. The monoisotopic (exact) mass is 471 g/mol. The third-order valence-corrected chi connectivity index (χ3v) is 6.05. The van der Waals surface area contributed by atoms with Crippen molar-refractivity contribution in [3.05, 3.63) is 83.5 Å². The molecule has 2 aromatic heterocycles. The fourth-order valence-corrected chi connectivity index (χ4v) is 4.22. The number of nitrogens with zero attached hydrogens (tertiary/aromatic N) is 2. The molecule has 8 heteroatoms. The van der Waals surface area contributed by atoms with Gasteiger partial charge < -0.3 is 14.8 Å². The van der Waals surface area contributed by atoms with E-state index in [0.29, 0.717) is 18.2 Å². The first-order valence-corrected chi connectivity index (χ1v) is 11.1. The van der Waals surface area contributed by atoms with Crippen LogP contribution in [0.15, 0.2) is 82.0 Å². The van der Waals surface area contributed by atoms with Gasteiger partial charge in [-0.3, -0.25) is 0 Å². The first-order chi connectivity index (χ1) is 14.7. The summed E-state index contributed by atoms with van der Waals surface area (Å²) in [4.78, 5) is 11.2. The third kappa shape index (κ3) is 6.37. The number of thiazole rings is 1. The van der Waals surface area contributed by atoms with E-state index in [1.807, 2.05) is 79.2 Å². The van der Waals surface area contributed by atoms with Crippen LogP contribution in [0.2, 0.25) is 0 Å². The van der Waals surface area contributed by atoms with Gasteiger partial charge in [-0.15, -0.1) is 23.7 Å². The molecule has 2 aromatic carbocycles. The highest BCUT2D eigenvalue weighted by Gasteiger charge is 2.11. The lowest BCUT2D eigenvalue weighted by Gasteiger charge is -2.13. The van der Waals surface area contributed by atoms with Gasteiger partial charge in [-0.1, -0.05) is 42.1 Å². The van der Waals surface area contributed by atoms with E-state index in [2.05, 4.69) is 15.3 Å². The highest BCUT2D eigenvalue weighted by molar-refractivity contribution is 7.99. The Kier molecular flexibility index (Phi) is 8.17. The van der Waals surface area contributed by atoms with E-state index >= 15 is 0 Å². The van der Waals surface area contributed by atoms with Gasteiger partial charge in [-0.25, -0.2) is 9.97 Å². The first kappa shape index (κ1) is 22.9. The number of halogens is 1. The van der Waals surface area contributed by atoms with Crippen molar-refractivity contribution in [2.24, 2.45) is 0 Å². The molecule has 0 amide bonds. The van der Waals surface area contributed by atoms with Crippen LogP contribution < -0.4 is 14.8 Å². The lowest BCUT2D eigenvalue weighted by molar-refractivity contribution is 0.306. The predicted octanol–water partition coefficient (Wildman–Crippen LogP) is 6.75. The summed E-state index contributed by atoms with van der Waals surface area (Å²) in [5.41, 5.74) is 2.07. The Morgan fingerprint density at radius 1 is 1.03 bits per heavy atom. The van der Waals surface area contributed by atoms with Crippen LogP contribution in [-0.2, 0) is 6.61 Å². The molecule has 0 aliphatic carbocycles. The number of aryl methyl sites for hydroxylation is 1. The molecule has 0 aliphatic rings. The van der Waals surface area contributed by atoms with E-state index in [1.165, 1.54) is 0 Å². The quantitative estimate of drug-likeness (QED) is 0.306. The van der Waals surface area contributed by atoms with Crippen molar-refractivity contribution in [3.8, 4) is 11.5 Å². The third-order valence-electron chi connectivity index (χ3n) is 4.20. The number of aromatic nitrogens is 2. The summed E-state index contributed by atoms with van der Waals surface area (Å²) in [6.45, 7) is 2.43. The number of nitrogens with one attached hydrogen (secondary N) is 1. The van der Waals surface area contributed by atoms with E-state index < -0.39 is 0 Å². The number of rotatable bonds is 8. The van der Waals surface area contributed by atoms with E-state index in [-0.39, 0.29) is 12.4 Å². The maximum atomic E-state index is 6.14. The molecule has 5 nitrogen and oxygen atoms in total. The molecule has 0 aliphatic heterocycles. The SMILES string of the molecule is COc1ccc(Sc2cnc(Nc3nc(C)cs3)c(OCc3ccccc3)c2)cc1.Cl. The van der Waals surface area contributed by atoms with Crippen LogP contribution in [0.5, 0.6) is 11.5 Å². The Hall–Kier alpha value is -2.74. The summed E-state index contributed by atoms with van der Waals surface area (Å²) in [7, 11) is 1.66. The average molecular weight is 472 g/mol. The smallest absolute Gasteiger partial charge is 0.188 e. The van der Waals surface area contributed by atoms with Crippen LogP contribution in [0, 0.1) is 6.92 Å². The van der Waals surface area contributed by atoms with Crippen molar-refractivity contribution >= 4 is 46.5 Å². The van der Waals surface area contributed by atoms with E-state index in [9.17, 15) is 0 Å². The van der Waals surface area contributed by atoms with Crippen molar-refractivity contribution in [3.63, 3.8) is 0 Å². The topological polar surface area (TPSA) is 56.3 Å². The van der Waals surface area contributed by atoms with Gasteiger partial charge in [-0.2, -0.15) is 0 Å². The molecule has 2 heterocycles. The molecule has 0 atom stereocenters. The molecule has 0 bridgehead atoms. The summed E-state index contributed by atoms with van der Waals surface area (Å²) in [5.74, 6) is 2.17. The molecule has 4 rings (SSSR count). The van der Waals surface area contributed by atoms with Crippen molar-refractivity contribution in [2.75, 3.05) is 12.4 Å². The predicted molar refractivity (Wildman–Crippen MR) is 130 cm³/mol. The van der Waals surface area contributed by atoms with Crippen molar-refractivity contribution < 1.29 is 9.47 Å². The Bertz CT molecular complexity index is 1110. The van der Waals surface area contributed by atoms with Crippen LogP contribution in [0.4, 0.5) is 10.9 Å². The zero-order valence-electron chi connectivity index (χ0n) is 17.1. The fourth-order valence-electron chi connectivity index (χ4n) is 2.71. The second-order valence-corrected chi connectivity index (χ2v) is 8.49. The maximum absolute atomic E-state index is 6.14. The van der Waals surface area contributed by atoms with Gasteiger partial charge in [0.05, 0.1) is 12.8 Å². The minimum absolute atomic E-state index is 0. The second kappa shape index (κ2) is 11.0. The van der Waals surface area contributed by atoms with Crippen LogP contribution in [0.3, 0.4) is 0 Å². The number of hydrogen-bond donors (Lipinski definition) is 1. The summed E-state index contributed by atoms with van der Waals surface area (Å²) in [6, 6.07) is 20.0. The molecule has 4 aromatic rings. The molecule has 0 spiro atoms. The number of ether oxygens (including phenoxy) is 2. The summed E-state index contributed by atoms with van der Waals surface area (Å²) >= 11 is 3.17. The Morgan fingerprint density at radius 2 is 1.81 bits per heavy atom. The van der Waals surface area contributed by atoms with Gasteiger partial charge in [0.1, 0.15) is 12.4 Å². The molecule has 0 fully saturated rings. The summed E-state index contributed by atoms with van der Waals surface area (Å²) in [5, 5.41) is 6.07. The van der Waals surface area contributed by atoms with Gasteiger partial charge >= 0.3 is 0 Å². The number of methoxy groups -OCH3 is 1. The molecule has 0 unspecified atom stereocenters. The first-order valence-electron chi connectivity index (χ1n) is 9.37. The fraction of sp³-hybridized carbons (Fsp3) is 0.130. The van der Waals surface area contributed by atoms with E-state index in [0.717, 1.165) is 31.9 Å². The van der Waals surface area contributed by atoms with Gasteiger partial charge in [0.25, 0.3) is 0 Å². The van der Waals surface area contributed by atoms with Crippen molar-refractivity contribution in [2.45, 2.75) is 23.3 Å². The maximum Gasteiger partial charge on any atom is 0.188 e.